The molecular weight excluding hydrogens is 266 g/mol. The van der Waals surface area contributed by atoms with Crippen molar-refractivity contribution >= 4 is 17.2 Å². The fourth-order valence-electron chi connectivity index (χ4n) is 3.13. The normalized spacial score (nSPS) is 19.6. The van der Waals surface area contributed by atoms with Crippen molar-refractivity contribution in [1.82, 2.24) is 9.80 Å². The van der Waals surface area contributed by atoms with E-state index in [-0.39, 0.29) is 0 Å². The van der Waals surface area contributed by atoms with E-state index in [0.29, 0.717) is 11.0 Å². The van der Waals surface area contributed by atoms with Gasteiger partial charge in [0.25, 0.3) is 0 Å². The summed E-state index contributed by atoms with van der Waals surface area (Å²) >= 11 is 5.13. The van der Waals surface area contributed by atoms with Crippen LogP contribution in [0.4, 0.5) is 0 Å². The Morgan fingerprint density at radius 2 is 2.20 bits per heavy atom. The molecule has 0 amide bonds. The Morgan fingerprint density at radius 1 is 1.45 bits per heavy atom. The minimum Gasteiger partial charge on any atom is -0.389 e. The number of likely N-dealkylation sites (tertiary alicyclic amines) is 1. The molecule has 2 rings (SSSR count). The van der Waals surface area contributed by atoms with Gasteiger partial charge >= 0.3 is 0 Å². The van der Waals surface area contributed by atoms with Gasteiger partial charge in [0.1, 0.15) is 4.99 Å². The molecule has 0 bridgehead atoms. The number of likely N-dealkylation sites (N-methyl/N-ethyl adjacent to an activating group) is 2. The molecule has 20 heavy (non-hydrogen) atoms. The highest BCUT2D eigenvalue weighted by Gasteiger charge is 2.24. The van der Waals surface area contributed by atoms with Crippen LogP contribution in [0.5, 0.6) is 0 Å². The second-order valence-corrected chi connectivity index (χ2v) is 6.08. The lowest BCUT2D eigenvalue weighted by molar-refractivity contribution is 0.195. The van der Waals surface area contributed by atoms with Crippen molar-refractivity contribution in [3.8, 4) is 0 Å². The third kappa shape index (κ3) is 3.78. The van der Waals surface area contributed by atoms with Crippen LogP contribution in [0, 0.1) is 0 Å². The molecule has 4 heteroatoms. The molecule has 0 radical (unpaired) electrons. The fourth-order valence-corrected chi connectivity index (χ4v) is 3.33. The summed E-state index contributed by atoms with van der Waals surface area (Å²) in [7, 11) is 2.18. The Hall–Kier alpha value is -0.970. The zero-order chi connectivity index (χ0) is 14.5. The maximum atomic E-state index is 5.80. The van der Waals surface area contributed by atoms with Crippen molar-refractivity contribution in [3.63, 3.8) is 0 Å². The average Bonchev–Trinajstić information content (AvgIpc) is 2.86. The predicted octanol–water partition coefficient (Wildman–Crippen LogP) is 2.24. The summed E-state index contributed by atoms with van der Waals surface area (Å²) in [6.07, 6.45) is 2.64. The van der Waals surface area contributed by atoms with Crippen LogP contribution in [-0.2, 0) is 6.54 Å². The van der Waals surface area contributed by atoms with Crippen LogP contribution in [0.15, 0.2) is 24.3 Å². The molecule has 0 aliphatic carbocycles. The van der Waals surface area contributed by atoms with Gasteiger partial charge in [0.2, 0.25) is 0 Å². The van der Waals surface area contributed by atoms with Crippen LogP contribution >= 0.6 is 12.2 Å². The summed E-state index contributed by atoms with van der Waals surface area (Å²) < 4.78 is 0. The molecule has 2 N–H and O–H groups in total. The number of hydrogen-bond donors (Lipinski definition) is 1. The second-order valence-electron chi connectivity index (χ2n) is 5.64. The predicted molar refractivity (Wildman–Crippen MR) is 88.9 cm³/mol. The molecule has 0 spiro atoms. The Kier molecular flexibility index (Phi) is 5.52. The molecule has 3 nitrogen and oxygen atoms in total. The number of nitrogens with zero attached hydrogens (tertiary/aromatic N) is 2. The molecule has 1 unspecified atom stereocenters. The van der Waals surface area contributed by atoms with Gasteiger partial charge in [-0.25, -0.2) is 0 Å². The van der Waals surface area contributed by atoms with E-state index in [2.05, 4.69) is 35.9 Å². The van der Waals surface area contributed by atoms with Gasteiger partial charge in [0.15, 0.2) is 0 Å². The van der Waals surface area contributed by atoms with Crippen molar-refractivity contribution in [2.75, 3.05) is 26.7 Å². The summed E-state index contributed by atoms with van der Waals surface area (Å²) in [6, 6.07) is 8.88. The third-order valence-electron chi connectivity index (χ3n) is 4.15. The van der Waals surface area contributed by atoms with E-state index in [1.807, 2.05) is 12.1 Å². The molecule has 1 fully saturated rings. The van der Waals surface area contributed by atoms with Crippen molar-refractivity contribution in [3.05, 3.63) is 35.4 Å². The van der Waals surface area contributed by atoms with E-state index >= 15 is 0 Å². The van der Waals surface area contributed by atoms with Crippen LogP contribution in [0.25, 0.3) is 0 Å². The summed E-state index contributed by atoms with van der Waals surface area (Å²) in [5, 5.41) is 0. The zero-order valence-corrected chi connectivity index (χ0v) is 13.3. The topological polar surface area (TPSA) is 32.5 Å². The first kappa shape index (κ1) is 15.4. The summed E-state index contributed by atoms with van der Waals surface area (Å²) in [5.74, 6) is 0. The minimum atomic E-state index is 0.491. The van der Waals surface area contributed by atoms with E-state index < -0.39 is 0 Å². The smallest absolute Gasteiger partial charge is 0.104 e. The lowest BCUT2D eigenvalue weighted by Gasteiger charge is -2.28. The van der Waals surface area contributed by atoms with Crippen molar-refractivity contribution in [2.45, 2.75) is 32.4 Å². The van der Waals surface area contributed by atoms with E-state index in [4.69, 9.17) is 18.0 Å². The average molecular weight is 291 g/mol. The number of benzene rings is 1. The molecule has 1 aliphatic heterocycles. The number of nitrogens with two attached hydrogens (primary N) is 1. The summed E-state index contributed by atoms with van der Waals surface area (Å²) in [4.78, 5) is 5.45. The summed E-state index contributed by atoms with van der Waals surface area (Å²) in [6.45, 7) is 6.67. The van der Waals surface area contributed by atoms with Gasteiger partial charge in [-0.2, -0.15) is 0 Å². The Morgan fingerprint density at radius 3 is 2.90 bits per heavy atom. The fraction of sp³-hybridized carbons (Fsp3) is 0.562. The molecule has 1 aliphatic rings. The van der Waals surface area contributed by atoms with Gasteiger partial charge in [-0.15, -0.1) is 0 Å². The number of rotatable bonds is 6. The first-order valence-corrected chi connectivity index (χ1v) is 7.83. The van der Waals surface area contributed by atoms with Crippen molar-refractivity contribution < 1.29 is 0 Å². The van der Waals surface area contributed by atoms with E-state index in [9.17, 15) is 0 Å². The van der Waals surface area contributed by atoms with Crippen LogP contribution in [0.2, 0.25) is 0 Å². The van der Waals surface area contributed by atoms with Crippen LogP contribution in [0.3, 0.4) is 0 Å². The zero-order valence-electron chi connectivity index (χ0n) is 12.5. The molecular formula is C16H25N3S. The van der Waals surface area contributed by atoms with Crippen LogP contribution < -0.4 is 5.73 Å². The number of hydrogen-bond acceptors (Lipinski definition) is 3. The molecule has 1 aromatic carbocycles. The molecule has 0 aromatic heterocycles. The standard InChI is InChI=1S/C16H25N3S/c1-3-19-10-6-8-14(19)12-18(2)11-13-7-4-5-9-15(13)16(17)20/h4-5,7,9,14H,3,6,8,10-12H2,1-2H3,(H2,17,20). The molecule has 1 aromatic rings. The molecule has 1 saturated heterocycles. The minimum absolute atomic E-state index is 0.491. The van der Waals surface area contributed by atoms with E-state index in [1.165, 1.54) is 24.9 Å². The van der Waals surface area contributed by atoms with Gasteiger partial charge < -0.3 is 10.6 Å². The molecule has 0 saturated carbocycles. The summed E-state index contributed by atoms with van der Waals surface area (Å²) in [5.41, 5.74) is 8.04. The van der Waals surface area contributed by atoms with Crippen LogP contribution in [0.1, 0.15) is 30.9 Å². The van der Waals surface area contributed by atoms with Gasteiger partial charge in [-0.1, -0.05) is 43.4 Å². The number of thiocarbonyl (C=S) groups is 1. The van der Waals surface area contributed by atoms with Gasteiger partial charge in [-0.05, 0) is 38.5 Å². The van der Waals surface area contributed by atoms with Crippen LogP contribution in [-0.4, -0.2) is 47.5 Å². The van der Waals surface area contributed by atoms with E-state index in [1.54, 1.807) is 0 Å². The van der Waals surface area contributed by atoms with E-state index in [0.717, 1.165) is 25.2 Å². The third-order valence-corrected chi connectivity index (χ3v) is 4.37. The molecule has 110 valence electrons. The Balaban J connectivity index is 1.98. The molecule has 1 atom stereocenters. The monoisotopic (exact) mass is 291 g/mol. The second kappa shape index (κ2) is 7.16. The van der Waals surface area contributed by atoms with Crippen molar-refractivity contribution in [2.24, 2.45) is 5.73 Å². The SMILES string of the molecule is CCN1CCCC1CN(C)Cc1ccccc1C(N)=S. The van der Waals surface area contributed by atoms with Gasteiger partial charge in [0.05, 0.1) is 0 Å². The highest BCUT2D eigenvalue weighted by atomic mass is 32.1. The largest absolute Gasteiger partial charge is 0.389 e. The maximum absolute atomic E-state index is 5.80. The lowest BCUT2D eigenvalue weighted by atomic mass is 10.1. The quantitative estimate of drug-likeness (QED) is 0.815. The Bertz CT molecular complexity index is 461. The van der Waals surface area contributed by atoms with Gasteiger partial charge in [0, 0.05) is 24.7 Å². The Labute approximate surface area is 127 Å². The van der Waals surface area contributed by atoms with Gasteiger partial charge in [-0.3, -0.25) is 4.90 Å². The molecule has 1 heterocycles. The lowest BCUT2D eigenvalue weighted by Crippen LogP contribution is -2.38. The highest BCUT2D eigenvalue weighted by Crippen LogP contribution is 2.18. The maximum Gasteiger partial charge on any atom is 0.104 e. The first-order chi connectivity index (χ1) is 9.61. The van der Waals surface area contributed by atoms with Crippen molar-refractivity contribution in [1.29, 1.82) is 0 Å². The highest BCUT2D eigenvalue weighted by molar-refractivity contribution is 7.80. The first-order valence-electron chi connectivity index (χ1n) is 7.42.